The summed E-state index contributed by atoms with van der Waals surface area (Å²) in [6.45, 7) is 21.9. The maximum Gasteiger partial charge on any atom is 0.321 e. The number of esters is 2. The number of aromatic nitrogens is 4. The minimum atomic E-state index is -1.09. The summed E-state index contributed by atoms with van der Waals surface area (Å²) in [5.41, 5.74) is 11.4. The molecule has 1 aliphatic carbocycles. The molecule has 0 aromatic carbocycles. The number of hydrogen-bond acceptors (Lipinski definition) is 8. The Morgan fingerprint density at radius 2 is 1.52 bits per heavy atom. The summed E-state index contributed by atoms with van der Waals surface area (Å²) in [4.78, 5) is 44.5. The fraction of sp³-hybridized carbons (Fsp3) is 0.556. The monoisotopic (exact) mass is 875 g/mol. The van der Waals surface area contributed by atoms with Crippen molar-refractivity contribution in [3.05, 3.63) is 79.8 Å². The number of allylic oxidation sites excluding steroid dienone is 3. The van der Waals surface area contributed by atoms with Crippen molar-refractivity contribution in [2.75, 3.05) is 13.7 Å². The topological polar surface area (TPSA) is 150 Å². The largest absolute Gasteiger partial charge is 0.515 e. The summed E-state index contributed by atoms with van der Waals surface area (Å²) < 4.78 is 11.1. The Morgan fingerprint density at radius 1 is 0.859 bits per heavy atom. The highest BCUT2D eigenvalue weighted by Crippen LogP contribution is 2.46. The van der Waals surface area contributed by atoms with E-state index >= 15 is 0 Å². The van der Waals surface area contributed by atoms with E-state index in [1.54, 1.807) is 0 Å². The number of H-pyrrole nitrogens is 2. The van der Waals surface area contributed by atoms with E-state index in [1.165, 1.54) is 57.6 Å². The lowest BCUT2D eigenvalue weighted by atomic mass is 9.84. The van der Waals surface area contributed by atoms with E-state index in [9.17, 15) is 19.8 Å². The molecular formula is C54H74N4O6. The molecule has 0 saturated carbocycles. The van der Waals surface area contributed by atoms with Gasteiger partial charge in [0.2, 0.25) is 0 Å². The SMILES string of the molecule is CCC1=C(C)c2cc3[nH]c(cc4nc(c5c6[nH]c(cc1n2)c(C)c6=C(O)[C@H]5C(=O)OC)[C@@H](CCC(=O)OC/C=C(\C)CCC[C@H](C)CCC[C@H](C)CCCC(C)C)[C@@H]4C)c(C)c3=CO. The first kappa shape index (κ1) is 48.3. The van der Waals surface area contributed by atoms with Crippen LogP contribution in [0.1, 0.15) is 190 Å². The maximum atomic E-state index is 13.6. The molecule has 0 saturated heterocycles. The number of fused-ring (bicyclic) bond motifs is 8. The molecular weight excluding hydrogens is 801 g/mol. The van der Waals surface area contributed by atoms with Crippen LogP contribution in [0.2, 0.25) is 0 Å². The molecule has 4 N–H and O–H groups in total. The zero-order valence-electron chi connectivity index (χ0n) is 40.5. The Balaban J connectivity index is 1.24. The van der Waals surface area contributed by atoms with Gasteiger partial charge in [0.25, 0.3) is 0 Å². The van der Waals surface area contributed by atoms with Crippen molar-refractivity contribution in [1.29, 1.82) is 0 Å². The molecule has 8 bridgehead atoms. The Kier molecular flexibility index (Phi) is 16.0. The second kappa shape index (κ2) is 21.2. The van der Waals surface area contributed by atoms with Gasteiger partial charge in [-0.25, -0.2) is 4.98 Å². The molecule has 5 atom stereocenters. The fourth-order valence-corrected chi connectivity index (χ4v) is 10.2. The van der Waals surface area contributed by atoms with Crippen LogP contribution in [0.5, 0.6) is 0 Å². The van der Waals surface area contributed by atoms with Gasteiger partial charge in [0, 0.05) is 51.0 Å². The van der Waals surface area contributed by atoms with Crippen LogP contribution in [-0.4, -0.2) is 55.8 Å². The number of aliphatic hydroxyl groups excluding tert-OH is 2. The van der Waals surface area contributed by atoms with Gasteiger partial charge in [0.05, 0.1) is 41.5 Å². The first-order chi connectivity index (χ1) is 30.6. The highest BCUT2D eigenvalue weighted by atomic mass is 16.5. The van der Waals surface area contributed by atoms with Crippen LogP contribution in [0, 0.1) is 31.6 Å². The molecule has 10 heteroatoms. The number of ether oxygens (including phenoxy) is 2. The number of aromatic amines is 2. The van der Waals surface area contributed by atoms with Crippen LogP contribution in [-0.2, 0) is 19.1 Å². The van der Waals surface area contributed by atoms with Crippen molar-refractivity contribution < 1.29 is 29.3 Å². The van der Waals surface area contributed by atoms with E-state index in [2.05, 4.69) is 65.4 Å². The van der Waals surface area contributed by atoms with Gasteiger partial charge in [0.1, 0.15) is 18.3 Å². The van der Waals surface area contributed by atoms with Crippen LogP contribution in [0.3, 0.4) is 0 Å². The Morgan fingerprint density at radius 3 is 2.17 bits per heavy atom. The molecule has 0 radical (unpaired) electrons. The van der Waals surface area contributed by atoms with Gasteiger partial charge in [-0.1, -0.05) is 92.1 Å². The van der Waals surface area contributed by atoms with Gasteiger partial charge >= 0.3 is 11.9 Å². The lowest BCUT2D eigenvalue weighted by Gasteiger charge is -2.19. The average Bonchev–Trinajstić information content (AvgIpc) is 3.99. The number of rotatable bonds is 19. The van der Waals surface area contributed by atoms with E-state index < -0.39 is 11.9 Å². The first-order valence-corrected chi connectivity index (χ1v) is 24.0. The van der Waals surface area contributed by atoms with Crippen molar-refractivity contribution in [1.82, 2.24) is 19.9 Å². The predicted octanol–water partition coefficient (Wildman–Crippen LogP) is 12.1. The lowest BCUT2D eigenvalue weighted by Crippen LogP contribution is -2.18. The summed E-state index contributed by atoms with van der Waals surface area (Å²) in [7, 11) is 1.32. The van der Waals surface area contributed by atoms with Crippen molar-refractivity contribution in [2.45, 2.75) is 164 Å². The smallest absolute Gasteiger partial charge is 0.321 e. The number of nitrogens with one attached hydrogen (secondary N) is 2. The normalized spacial score (nSPS) is 18.6. The number of methoxy groups -OCH3 is 1. The van der Waals surface area contributed by atoms with Gasteiger partial charge in [-0.2, -0.15) is 0 Å². The molecule has 0 fully saturated rings. The second-order valence-corrected chi connectivity index (χ2v) is 19.5. The Bertz CT molecular complexity index is 2570. The van der Waals surface area contributed by atoms with Crippen LogP contribution in [0.4, 0.5) is 0 Å². The van der Waals surface area contributed by atoms with Crippen LogP contribution >= 0.6 is 0 Å². The molecule has 0 unspecified atom stereocenters. The summed E-state index contributed by atoms with van der Waals surface area (Å²) in [5.74, 6) is -0.215. The summed E-state index contributed by atoms with van der Waals surface area (Å²) in [6, 6.07) is 5.96. The van der Waals surface area contributed by atoms with Gasteiger partial charge in [-0.15, -0.1) is 0 Å². The molecule has 2 aliphatic heterocycles. The quantitative estimate of drug-likeness (QED) is 0.0687. The summed E-state index contributed by atoms with van der Waals surface area (Å²) in [6.07, 6.45) is 15.7. The average molecular weight is 875 g/mol. The summed E-state index contributed by atoms with van der Waals surface area (Å²) in [5, 5.41) is 23.6. The molecule has 0 spiro atoms. The highest BCUT2D eigenvalue weighted by Gasteiger charge is 2.41. The van der Waals surface area contributed by atoms with Crippen LogP contribution in [0.25, 0.3) is 45.2 Å². The first-order valence-electron chi connectivity index (χ1n) is 24.0. The van der Waals surface area contributed by atoms with Gasteiger partial charge in [-0.3, -0.25) is 14.6 Å². The summed E-state index contributed by atoms with van der Waals surface area (Å²) >= 11 is 0. The third kappa shape index (κ3) is 10.5. The number of nitrogens with zero attached hydrogens (tertiary/aromatic N) is 2. The maximum absolute atomic E-state index is 13.6. The number of aryl methyl sites for hydroxylation is 2. The van der Waals surface area contributed by atoms with Crippen molar-refractivity contribution in [3.8, 4) is 0 Å². The van der Waals surface area contributed by atoms with Gasteiger partial charge < -0.3 is 29.7 Å². The van der Waals surface area contributed by atoms with Gasteiger partial charge in [0.15, 0.2) is 0 Å². The van der Waals surface area contributed by atoms with Crippen LogP contribution < -0.4 is 10.4 Å². The minimum Gasteiger partial charge on any atom is -0.515 e. The number of carbonyl (C=O) groups is 2. The fourth-order valence-electron chi connectivity index (χ4n) is 10.2. The van der Waals surface area contributed by atoms with E-state index in [0.717, 1.165) is 93.3 Å². The second-order valence-electron chi connectivity index (χ2n) is 19.5. The molecule has 10 nitrogen and oxygen atoms in total. The third-order valence-corrected chi connectivity index (χ3v) is 14.3. The molecule has 5 heterocycles. The van der Waals surface area contributed by atoms with E-state index in [1.807, 2.05) is 38.1 Å². The lowest BCUT2D eigenvalue weighted by molar-refractivity contribution is -0.143. The molecule has 3 aliphatic rings. The Labute approximate surface area is 380 Å². The van der Waals surface area contributed by atoms with E-state index in [-0.39, 0.29) is 36.6 Å². The number of aliphatic hydroxyl groups is 2. The van der Waals surface area contributed by atoms with Crippen molar-refractivity contribution >= 4 is 57.2 Å². The van der Waals surface area contributed by atoms with Crippen molar-refractivity contribution in [3.63, 3.8) is 0 Å². The standard InChI is InChI=1S/C54H74N4O6/c1-12-38-34(7)42-27-46-40(29-59)36(9)41(56-46)26-43-35(8)39(51(57-43)49-50(54(62)63-11)53(61)48-37(10)44(58-52(48)49)28-45(38)55-42)22-23-47(60)64-25-24-33(6)21-15-20-32(5)19-14-18-31(4)17-13-16-30(2)3/h24,26-32,35,39,50,56,58-59,61H,12-23,25H2,1-11H3/b33-24+,40-29?,43-26?,45-28?,46-27?/t31-,32-,35+,39+,50+/m1/s1. The molecule has 346 valence electrons. The Hall–Kier alpha value is -5.12. The molecule has 3 aromatic heterocycles. The zero-order valence-corrected chi connectivity index (χ0v) is 40.5. The molecule has 64 heavy (non-hydrogen) atoms. The molecule has 6 rings (SSSR count). The zero-order chi connectivity index (χ0) is 46.4. The van der Waals surface area contributed by atoms with E-state index in [4.69, 9.17) is 19.4 Å². The number of hydrogen-bond donors (Lipinski definition) is 4. The van der Waals surface area contributed by atoms with Gasteiger partial charge in [-0.05, 0) is 118 Å². The minimum absolute atomic E-state index is 0.0872. The molecule has 0 amide bonds. The number of carbonyl (C=O) groups excluding carboxylic acids is 2. The molecule has 3 aromatic rings. The van der Waals surface area contributed by atoms with E-state index in [0.29, 0.717) is 39.6 Å². The van der Waals surface area contributed by atoms with Crippen LogP contribution in [0.15, 0.2) is 29.8 Å². The highest BCUT2D eigenvalue weighted by molar-refractivity contribution is 5.97. The predicted molar refractivity (Wildman–Crippen MR) is 260 cm³/mol. The third-order valence-electron chi connectivity index (χ3n) is 14.3. The van der Waals surface area contributed by atoms with Crippen molar-refractivity contribution in [2.24, 2.45) is 17.8 Å².